The second-order valence-electron chi connectivity index (χ2n) is 13.9. The average Bonchev–Trinajstić information content (AvgIpc) is 3.72. The fourth-order valence-corrected chi connectivity index (χ4v) is 10.7. The number of benzene rings is 2. The van der Waals surface area contributed by atoms with Gasteiger partial charge < -0.3 is 5.11 Å². The van der Waals surface area contributed by atoms with Crippen LogP contribution in [0.3, 0.4) is 0 Å². The largest absolute Gasteiger partial charge is 0.512 e. The van der Waals surface area contributed by atoms with Crippen molar-refractivity contribution < 1.29 is 30.0 Å². The van der Waals surface area contributed by atoms with Gasteiger partial charge in [0.05, 0.1) is 11.3 Å². The quantitative estimate of drug-likeness (QED) is 0.0799. The summed E-state index contributed by atoms with van der Waals surface area (Å²) < 4.78 is 6.61. The van der Waals surface area contributed by atoms with Crippen molar-refractivity contribution in [1.82, 2.24) is 9.97 Å². The first-order chi connectivity index (χ1) is 23.4. The molecule has 6 aromatic rings. The number of allylic oxidation sites excluding steroid dienone is 2. The Balaban J connectivity index is 0.000000301. The van der Waals surface area contributed by atoms with Crippen LogP contribution in [0, 0.1) is 37.7 Å². The van der Waals surface area contributed by atoms with E-state index in [4.69, 9.17) is 9.97 Å². The van der Waals surface area contributed by atoms with Crippen LogP contribution in [0.4, 0.5) is 0 Å². The van der Waals surface area contributed by atoms with Crippen LogP contribution < -0.4 is 0 Å². The van der Waals surface area contributed by atoms with Crippen LogP contribution in [-0.4, -0.2) is 20.9 Å². The van der Waals surface area contributed by atoms with E-state index in [0.717, 1.165) is 48.9 Å². The summed E-state index contributed by atoms with van der Waals surface area (Å²) in [5, 5.41) is 12.4. The van der Waals surface area contributed by atoms with Gasteiger partial charge in [-0.2, -0.15) is 11.3 Å². The zero-order valence-electron chi connectivity index (χ0n) is 31.1. The first-order valence-corrected chi connectivity index (χ1v) is 20.4. The van der Waals surface area contributed by atoms with Gasteiger partial charge in [-0.1, -0.05) is 79.0 Å². The zero-order valence-corrected chi connectivity index (χ0v) is 36.0. The van der Waals surface area contributed by atoms with Crippen LogP contribution >= 0.6 is 34.0 Å². The van der Waals surface area contributed by atoms with Crippen molar-refractivity contribution in [3.63, 3.8) is 0 Å². The molecule has 0 aliphatic heterocycles. The Morgan fingerprint density at radius 2 is 1.56 bits per heavy atom. The molecule has 0 saturated carbocycles. The number of ketones is 1. The summed E-state index contributed by atoms with van der Waals surface area (Å²) in [7, 11) is 0. The molecule has 0 aliphatic rings. The Hall–Kier alpha value is -2.48. The van der Waals surface area contributed by atoms with Gasteiger partial charge in [-0.15, -0.1) is 45.9 Å². The number of carbonyl (C=O) groups is 1. The first-order valence-electron chi connectivity index (χ1n) is 17.9. The Kier molecular flexibility index (Phi) is 14.0. The zero-order chi connectivity index (χ0) is 35.6. The number of fused-ring (bicyclic) bond motifs is 6. The van der Waals surface area contributed by atoms with E-state index in [1.807, 2.05) is 61.7 Å². The molecular formula is C42H51IrN2O2S3-. The summed E-state index contributed by atoms with van der Waals surface area (Å²) in [6.07, 6.45) is 7.71. The van der Waals surface area contributed by atoms with E-state index in [2.05, 4.69) is 71.9 Å². The molecule has 4 nitrogen and oxygen atoms in total. The van der Waals surface area contributed by atoms with Crippen molar-refractivity contribution in [3.8, 4) is 11.3 Å². The Labute approximate surface area is 323 Å². The normalized spacial score (nSPS) is 12.2. The molecule has 50 heavy (non-hydrogen) atoms. The molecule has 4 aromatic heterocycles. The molecule has 4 heterocycles. The summed E-state index contributed by atoms with van der Waals surface area (Å²) in [4.78, 5) is 22.7. The number of aryl methyl sites for hydroxylation is 2. The molecule has 1 radical (unpaired) electrons. The van der Waals surface area contributed by atoms with Gasteiger partial charge in [-0.3, -0.25) is 9.78 Å². The monoisotopic (exact) mass is 904 g/mol. The molecule has 0 bridgehead atoms. The van der Waals surface area contributed by atoms with E-state index in [1.54, 1.807) is 6.33 Å². The van der Waals surface area contributed by atoms with Crippen molar-refractivity contribution in [2.75, 3.05) is 0 Å². The second-order valence-corrected chi connectivity index (χ2v) is 17.2. The molecule has 2 aromatic carbocycles. The topological polar surface area (TPSA) is 63.1 Å². The number of aliphatic hydroxyl groups is 1. The third-order valence-corrected chi connectivity index (χ3v) is 13.6. The predicted molar refractivity (Wildman–Crippen MR) is 216 cm³/mol. The second kappa shape index (κ2) is 17.4. The summed E-state index contributed by atoms with van der Waals surface area (Å²) in [6, 6.07) is 12.8. The molecule has 0 spiro atoms. The first kappa shape index (κ1) is 40.3. The van der Waals surface area contributed by atoms with Gasteiger partial charge in [0.1, 0.15) is 6.33 Å². The van der Waals surface area contributed by atoms with Gasteiger partial charge in [-0.25, -0.2) is 4.98 Å². The Bertz CT molecular complexity index is 2130. The van der Waals surface area contributed by atoms with E-state index in [1.165, 1.54) is 61.9 Å². The molecule has 0 amide bonds. The maximum Gasteiger partial charge on any atom is 0.162 e. The summed E-state index contributed by atoms with van der Waals surface area (Å²) >= 11 is 5.65. The van der Waals surface area contributed by atoms with Gasteiger partial charge in [0.2, 0.25) is 0 Å². The minimum atomic E-state index is 0. The molecule has 6 rings (SSSR count). The summed E-state index contributed by atoms with van der Waals surface area (Å²) in [6.45, 7) is 21.7. The molecule has 0 unspecified atom stereocenters. The summed E-state index contributed by atoms with van der Waals surface area (Å²) in [5.41, 5.74) is 7.38. The minimum absolute atomic E-state index is 0. The van der Waals surface area contributed by atoms with E-state index in [9.17, 15) is 9.90 Å². The maximum absolute atomic E-state index is 11.7. The SMILES string of the molecule is CCC(CC)C(=O)/C=C(\O)C(CC)CC.Cc1sc2c(sc3[c-]c(-c4ncnc5c4sc4c(CC(C)C)cccc45)cc(C(C)C)c32)c1C.[Ir]. The Morgan fingerprint density at radius 1 is 0.880 bits per heavy atom. The maximum atomic E-state index is 11.7. The molecule has 0 saturated heterocycles. The van der Waals surface area contributed by atoms with Crippen LogP contribution in [0.25, 0.3) is 51.0 Å². The number of thiophene rings is 3. The number of aliphatic hydroxyl groups excluding tert-OH is 1. The molecule has 8 heteroatoms. The molecule has 0 fully saturated rings. The van der Waals surface area contributed by atoms with E-state index < -0.39 is 0 Å². The summed E-state index contributed by atoms with van der Waals surface area (Å²) in [5.74, 6) is 1.59. The van der Waals surface area contributed by atoms with E-state index >= 15 is 0 Å². The predicted octanol–water partition coefficient (Wildman–Crippen LogP) is 13.5. The molecule has 1 N–H and O–H groups in total. The van der Waals surface area contributed by atoms with Gasteiger partial charge >= 0.3 is 0 Å². The van der Waals surface area contributed by atoms with Crippen LogP contribution in [0.1, 0.15) is 109 Å². The van der Waals surface area contributed by atoms with Crippen molar-refractivity contribution in [1.29, 1.82) is 0 Å². The Morgan fingerprint density at radius 3 is 2.18 bits per heavy atom. The van der Waals surface area contributed by atoms with Gasteiger partial charge in [-0.05, 0) is 73.6 Å². The number of hydrogen-bond donors (Lipinski definition) is 1. The van der Waals surface area contributed by atoms with Gasteiger partial charge in [0, 0.05) is 72.8 Å². The molecule has 0 aliphatic carbocycles. The third kappa shape index (κ3) is 8.10. The molecule has 0 atom stereocenters. The van der Waals surface area contributed by atoms with E-state index in [-0.39, 0.29) is 43.5 Å². The third-order valence-electron chi connectivity index (χ3n) is 9.77. The van der Waals surface area contributed by atoms with Crippen LogP contribution in [0.2, 0.25) is 0 Å². The molecular weight excluding hydrogens is 853 g/mol. The van der Waals surface area contributed by atoms with Crippen LogP contribution in [0.15, 0.2) is 42.4 Å². The molecule has 269 valence electrons. The van der Waals surface area contributed by atoms with Crippen LogP contribution in [0.5, 0.6) is 0 Å². The van der Waals surface area contributed by atoms with E-state index in [0.29, 0.717) is 11.8 Å². The van der Waals surface area contributed by atoms with Crippen molar-refractivity contribution >= 4 is 79.6 Å². The average molecular weight is 904 g/mol. The number of hydrogen-bond acceptors (Lipinski definition) is 7. The number of aromatic nitrogens is 2. The fourth-order valence-electron chi connectivity index (χ4n) is 6.70. The van der Waals surface area contributed by atoms with Crippen molar-refractivity contribution in [2.45, 2.75) is 107 Å². The van der Waals surface area contributed by atoms with Gasteiger partial charge in [0.15, 0.2) is 5.78 Å². The minimum Gasteiger partial charge on any atom is -0.512 e. The number of carbonyl (C=O) groups excluding carboxylic acids is 1. The van der Waals surface area contributed by atoms with Crippen molar-refractivity contribution in [2.24, 2.45) is 17.8 Å². The van der Waals surface area contributed by atoms with Crippen LogP contribution in [-0.2, 0) is 31.3 Å². The standard InChI is InChI=1S/C29H27N2S3.C13H24O2.Ir/c1-14(2)10-18-8-7-9-20-25-29(34-27(18)20)24(30-13-31-25)19-11-21(15(3)4)23-22(12-19)33-26-16(5)17(6)32-28(23)26;1-5-10(6-2)12(14)9-13(15)11(7-3)8-4;/h7-9,11,13-15H,10H2,1-6H3;9-11,14H,5-8H2,1-4H3;/q-1;;/b;12-9-;. The number of nitrogens with zero attached hydrogens (tertiary/aromatic N) is 2. The van der Waals surface area contributed by atoms with Crippen molar-refractivity contribution in [3.05, 3.63) is 70.1 Å². The number of rotatable bonds is 11. The fraction of sp³-hybridized carbons (Fsp3) is 0.452. The smallest absolute Gasteiger partial charge is 0.162 e. The van der Waals surface area contributed by atoms with Gasteiger partial charge in [0.25, 0.3) is 0 Å².